The van der Waals surface area contributed by atoms with E-state index in [0.717, 1.165) is 0 Å². The summed E-state index contributed by atoms with van der Waals surface area (Å²) >= 11 is 2.98. The molecule has 0 aliphatic rings. The van der Waals surface area contributed by atoms with E-state index in [0.29, 0.717) is 4.47 Å². The molecule has 0 bridgehead atoms. The van der Waals surface area contributed by atoms with Crippen LogP contribution in [0.5, 0.6) is 0 Å². The molecule has 4 heteroatoms. The van der Waals surface area contributed by atoms with Crippen LogP contribution in [0.4, 0.5) is 14.6 Å². The Labute approximate surface area is 65.3 Å². The summed E-state index contributed by atoms with van der Waals surface area (Å²) in [7, 11) is 0. The third-order valence-corrected chi connectivity index (χ3v) is 1.71. The van der Waals surface area contributed by atoms with Crippen molar-refractivity contribution >= 4 is 21.6 Å². The number of nitrogens with zero attached hydrogens (tertiary/aromatic N) is 1. The molecule has 54 valence electrons. The fourth-order valence-electron chi connectivity index (χ4n) is 0.589. The maximum atomic E-state index is 11.8. The Morgan fingerprint density at radius 3 is 2.20 bits per heavy atom. The van der Waals surface area contributed by atoms with Gasteiger partial charge in [0.05, 0.1) is 0 Å². The zero-order chi connectivity index (χ0) is 7.56. The molecule has 1 nitrogen and oxygen atoms in total. The highest BCUT2D eigenvalue weighted by Gasteiger charge is 2.05. The van der Waals surface area contributed by atoms with Gasteiger partial charge in [-0.1, -0.05) is 21.1 Å². The highest BCUT2D eigenvalue weighted by molar-refractivity contribution is 9.10. The quantitative estimate of drug-likeness (QED) is 0.641. The Morgan fingerprint density at radius 1 is 1.20 bits per heavy atom. The summed E-state index contributed by atoms with van der Waals surface area (Å²) < 4.78 is 24.1. The summed E-state index contributed by atoms with van der Waals surface area (Å²) in [5.74, 6) is 0. The molecule has 0 aliphatic carbocycles. The van der Waals surface area contributed by atoms with Crippen molar-refractivity contribution in [1.82, 2.24) is 0 Å². The van der Waals surface area contributed by atoms with E-state index >= 15 is 0 Å². The Morgan fingerprint density at radius 2 is 1.80 bits per heavy atom. The van der Waals surface area contributed by atoms with Crippen LogP contribution in [0.25, 0.3) is 0 Å². The standard InChI is InChI=1S/C6H4BrF2N/c7-5-3-1-2-4-6(5)10(8)9/h1-4H. The first-order valence-electron chi connectivity index (χ1n) is 2.58. The van der Waals surface area contributed by atoms with Crippen molar-refractivity contribution in [3.8, 4) is 0 Å². The fourth-order valence-corrected chi connectivity index (χ4v) is 1.01. The van der Waals surface area contributed by atoms with Crippen LogP contribution < -0.4 is 5.34 Å². The van der Waals surface area contributed by atoms with E-state index in [2.05, 4.69) is 15.9 Å². The summed E-state index contributed by atoms with van der Waals surface area (Å²) in [4.78, 5) is 0. The molecule has 0 N–H and O–H groups in total. The molecule has 0 fully saturated rings. The van der Waals surface area contributed by atoms with Gasteiger partial charge < -0.3 is 0 Å². The number of benzene rings is 1. The van der Waals surface area contributed by atoms with Crippen molar-refractivity contribution in [2.45, 2.75) is 0 Å². The Kier molecular flexibility index (Phi) is 2.21. The van der Waals surface area contributed by atoms with Crippen molar-refractivity contribution in [1.29, 1.82) is 0 Å². The minimum absolute atomic E-state index is 0.123. The first-order chi connectivity index (χ1) is 4.72. The van der Waals surface area contributed by atoms with Crippen molar-refractivity contribution in [2.24, 2.45) is 0 Å². The summed E-state index contributed by atoms with van der Waals surface area (Å²) in [5, 5.41) is -0.927. The van der Waals surface area contributed by atoms with Crippen molar-refractivity contribution in [2.75, 3.05) is 5.34 Å². The zero-order valence-electron chi connectivity index (χ0n) is 4.89. The first-order valence-corrected chi connectivity index (χ1v) is 3.37. The van der Waals surface area contributed by atoms with Crippen LogP contribution in [0.3, 0.4) is 0 Å². The third-order valence-electron chi connectivity index (χ3n) is 1.03. The molecule has 0 spiro atoms. The molecule has 0 atom stereocenters. The van der Waals surface area contributed by atoms with Crippen LogP contribution in [0.15, 0.2) is 28.7 Å². The lowest BCUT2D eigenvalue weighted by atomic mass is 10.3. The first kappa shape index (κ1) is 7.47. The van der Waals surface area contributed by atoms with Crippen molar-refractivity contribution in [3.63, 3.8) is 0 Å². The predicted octanol–water partition coefficient (Wildman–Crippen LogP) is 3.02. The van der Waals surface area contributed by atoms with Crippen LogP contribution in [-0.4, -0.2) is 0 Å². The number of halogens is 3. The molecule has 1 rings (SSSR count). The molecule has 0 radical (unpaired) electrons. The van der Waals surface area contributed by atoms with Gasteiger partial charge in [0.25, 0.3) is 0 Å². The van der Waals surface area contributed by atoms with E-state index in [-0.39, 0.29) is 5.69 Å². The SMILES string of the molecule is FN(F)c1ccccc1Br. The number of hydrogen-bond donors (Lipinski definition) is 0. The van der Waals surface area contributed by atoms with Crippen LogP contribution in [0, 0.1) is 0 Å². The van der Waals surface area contributed by atoms with E-state index in [1.807, 2.05) is 0 Å². The molecule has 0 amide bonds. The lowest BCUT2D eigenvalue weighted by Crippen LogP contribution is -1.95. The Balaban J connectivity index is 3.03. The summed E-state index contributed by atoms with van der Waals surface area (Å²) in [6.45, 7) is 0. The van der Waals surface area contributed by atoms with Gasteiger partial charge in [0.15, 0.2) is 0 Å². The number of hydrogen-bond acceptors (Lipinski definition) is 1. The molecular weight excluding hydrogens is 204 g/mol. The van der Waals surface area contributed by atoms with Gasteiger partial charge in [0.1, 0.15) is 5.69 Å². The van der Waals surface area contributed by atoms with Gasteiger partial charge in [-0.05, 0) is 33.4 Å². The van der Waals surface area contributed by atoms with Crippen LogP contribution in [-0.2, 0) is 0 Å². The molecule has 0 unspecified atom stereocenters. The highest BCUT2D eigenvalue weighted by atomic mass is 79.9. The van der Waals surface area contributed by atoms with Gasteiger partial charge in [-0.2, -0.15) is 0 Å². The van der Waals surface area contributed by atoms with Gasteiger partial charge in [-0.15, -0.1) is 0 Å². The molecule has 1 aromatic carbocycles. The summed E-state index contributed by atoms with van der Waals surface area (Å²) in [6.07, 6.45) is 0. The minimum Gasteiger partial charge on any atom is -0.0666 e. The molecular formula is C6H4BrF2N. The molecule has 0 heterocycles. The largest absolute Gasteiger partial charge is 0.119 e. The third kappa shape index (κ3) is 1.44. The fraction of sp³-hybridized carbons (Fsp3) is 0. The second-order valence-electron chi connectivity index (χ2n) is 1.68. The summed E-state index contributed by atoms with van der Waals surface area (Å²) in [5.41, 5.74) is -0.123. The van der Waals surface area contributed by atoms with Gasteiger partial charge in [-0.25, -0.2) is 0 Å². The van der Waals surface area contributed by atoms with E-state index in [1.165, 1.54) is 6.07 Å². The normalized spacial score (nSPS) is 9.50. The van der Waals surface area contributed by atoms with Crippen molar-refractivity contribution < 1.29 is 8.96 Å². The zero-order valence-corrected chi connectivity index (χ0v) is 6.48. The Hall–Kier alpha value is -0.640. The number of para-hydroxylation sites is 1. The van der Waals surface area contributed by atoms with E-state index < -0.39 is 5.34 Å². The molecule has 0 saturated heterocycles. The minimum atomic E-state index is -0.927. The lowest BCUT2D eigenvalue weighted by Gasteiger charge is -2.02. The van der Waals surface area contributed by atoms with Gasteiger partial charge in [0.2, 0.25) is 0 Å². The average molecular weight is 208 g/mol. The van der Waals surface area contributed by atoms with Crippen LogP contribution >= 0.6 is 15.9 Å². The molecule has 0 saturated carbocycles. The second kappa shape index (κ2) is 2.96. The van der Waals surface area contributed by atoms with Crippen LogP contribution in [0.2, 0.25) is 0 Å². The van der Waals surface area contributed by atoms with E-state index in [9.17, 15) is 8.96 Å². The van der Waals surface area contributed by atoms with Gasteiger partial charge >= 0.3 is 0 Å². The average Bonchev–Trinajstić information content (AvgIpc) is 1.88. The van der Waals surface area contributed by atoms with Gasteiger partial charge in [0, 0.05) is 4.47 Å². The van der Waals surface area contributed by atoms with Gasteiger partial charge in [-0.3, -0.25) is 0 Å². The number of rotatable bonds is 1. The molecule has 0 aromatic heterocycles. The smallest absolute Gasteiger partial charge is 0.0666 e. The second-order valence-corrected chi connectivity index (χ2v) is 2.54. The topological polar surface area (TPSA) is 3.24 Å². The predicted molar refractivity (Wildman–Crippen MR) is 38.8 cm³/mol. The summed E-state index contributed by atoms with van der Waals surface area (Å²) in [6, 6.07) is 6.11. The van der Waals surface area contributed by atoms with E-state index in [4.69, 9.17) is 0 Å². The highest BCUT2D eigenvalue weighted by Crippen LogP contribution is 2.25. The Bertz CT molecular complexity index is 227. The lowest BCUT2D eigenvalue weighted by molar-refractivity contribution is 0.234. The molecule has 0 aliphatic heterocycles. The maximum Gasteiger partial charge on any atom is 0.119 e. The monoisotopic (exact) mass is 207 g/mol. The van der Waals surface area contributed by atoms with E-state index in [1.54, 1.807) is 18.2 Å². The van der Waals surface area contributed by atoms with Crippen LogP contribution in [0.1, 0.15) is 0 Å². The van der Waals surface area contributed by atoms with Crippen molar-refractivity contribution in [3.05, 3.63) is 28.7 Å². The molecule has 10 heavy (non-hydrogen) atoms. The maximum absolute atomic E-state index is 11.8. The number of anilines is 1. The molecule has 1 aromatic rings.